The van der Waals surface area contributed by atoms with Crippen LogP contribution in [-0.2, 0) is 6.61 Å². The molecule has 0 radical (unpaired) electrons. The van der Waals surface area contributed by atoms with Crippen LogP contribution in [0.2, 0.25) is 5.02 Å². The van der Waals surface area contributed by atoms with Gasteiger partial charge in [0.2, 0.25) is 4.96 Å². The number of benzene rings is 2. The lowest BCUT2D eigenvalue weighted by Crippen LogP contribution is -1.97. The Kier molecular flexibility index (Phi) is 4.25. The molecule has 6 nitrogen and oxygen atoms in total. The molecule has 0 aliphatic heterocycles. The predicted molar refractivity (Wildman–Crippen MR) is 96.4 cm³/mol. The highest BCUT2D eigenvalue weighted by Crippen LogP contribution is 2.28. The van der Waals surface area contributed by atoms with Crippen LogP contribution in [0.1, 0.15) is 5.01 Å². The summed E-state index contributed by atoms with van der Waals surface area (Å²) < 4.78 is 12.6. The van der Waals surface area contributed by atoms with Gasteiger partial charge in [-0.25, -0.2) is 0 Å². The van der Waals surface area contributed by atoms with Crippen LogP contribution in [0, 0.1) is 0 Å². The fraction of sp³-hybridized carbons (Fsp3) is 0.118. The molecule has 2 heterocycles. The minimum atomic E-state index is 0.350. The van der Waals surface area contributed by atoms with E-state index in [1.54, 1.807) is 11.6 Å². The summed E-state index contributed by atoms with van der Waals surface area (Å²) >= 11 is 7.68. The maximum Gasteiger partial charge on any atom is 0.235 e. The highest BCUT2D eigenvalue weighted by molar-refractivity contribution is 7.16. The summed E-state index contributed by atoms with van der Waals surface area (Å²) in [4.78, 5) is 0.697. The van der Waals surface area contributed by atoms with E-state index in [9.17, 15) is 0 Å². The van der Waals surface area contributed by atoms with Gasteiger partial charge in [0.25, 0.3) is 0 Å². The first-order valence-electron chi connectivity index (χ1n) is 7.47. The summed E-state index contributed by atoms with van der Waals surface area (Å²) in [5.74, 6) is 2.15. The van der Waals surface area contributed by atoms with Gasteiger partial charge >= 0.3 is 0 Å². The molecule has 0 saturated carbocycles. The number of hydrogen-bond donors (Lipinski definition) is 0. The van der Waals surface area contributed by atoms with Gasteiger partial charge in [-0.3, -0.25) is 0 Å². The second-order valence-corrected chi connectivity index (χ2v) is 6.61. The number of aromatic nitrogens is 4. The van der Waals surface area contributed by atoms with Crippen LogP contribution >= 0.6 is 22.9 Å². The van der Waals surface area contributed by atoms with Crippen molar-refractivity contribution in [1.82, 2.24) is 19.8 Å². The Balaban J connectivity index is 1.56. The maximum absolute atomic E-state index is 6.25. The topological polar surface area (TPSA) is 61.5 Å². The van der Waals surface area contributed by atoms with Crippen LogP contribution < -0.4 is 9.47 Å². The fourth-order valence-corrected chi connectivity index (χ4v) is 3.31. The van der Waals surface area contributed by atoms with Gasteiger partial charge in [-0.05, 0) is 36.4 Å². The van der Waals surface area contributed by atoms with E-state index in [1.807, 2.05) is 48.5 Å². The molecule has 0 saturated heterocycles. The largest absolute Gasteiger partial charge is 0.497 e. The molecule has 0 aliphatic rings. The first kappa shape index (κ1) is 15.9. The molecule has 126 valence electrons. The molecule has 4 aromatic rings. The van der Waals surface area contributed by atoms with E-state index < -0.39 is 0 Å². The summed E-state index contributed by atoms with van der Waals surface area (Å²) in [6.07, 6.45) is 0. The van der Waals surface area contributed by atoms with Crippen LogP contribution in [0.5, 0.6) is 11.5 Å². The van der Waals surface area contributed by atoms with Crippen molar-refractivity contribution >= 4 is 27.9 Å². The molecule has 0 spiro atoms. The zero-order chi connectivity index (χ0) is 17.2. The summed E-state index contributed by atoms with van der Waals surface area (Å²) in [5.41, 5.74) is 0.796. The Labute approximate surface area is 152 Å². The quantitative estimate of drug-likeness (QED) is 0.528. The van der Waals surface area contributed by atoms with E-state index in [4.69, 9.17) is 21.1 Å². The van der Waals surface area contributed by atoms with Crippen molar-refractivity contribution in [2.45, 2.75) is 6.61 Å². The minimum Gasteiger partial charge on any atom is -0.497 e. The van der Waals surface area contributed by atoms with Gasteiger partial charge in [-0.15, -0.1) is 10.2 Å². The monoisotopic (exact) mass is 372 g/mol. The minimum absolute atomic E-state index is 0.350. The first-order chi connectivity index (χ1) is 12.2. The Morgan fingerprint density at radius 2 is 1.80 bits per heavy atom. The molecule has 0 fully saturated rings. The summed E-state index contributed by atoms with van der Waals surface area (Å²) in [6.45, 7) is 0.350. The van der Waals surface area contributed by atoms with E-state index in [0.29, 0.717) is 22.4 Å². The van der Waals surface area contributed by atoms with Crippen molar-refractivity contribution in [2.75, 3.05) is 7.11 Å². The standard InChI is InChI=1S/C17H13ClN4O2S/c1-23-11-6-8-12(9-7-11)24-10-15-21-22-16(19-20-17(22)25-15)13-4-2-3-5-14(13)18/h2-9H,10H2,1H3. The van der Waals surface area contributed by atoms with E-state index in [1.165, 1.54) is 11.3 Å². The highest BCUT2D eigenvalue weighted by Gasteiger charge is 2.15. The van der Waals surface area contributed by atoms with Crippen LogP contribution in [0.25, 0.3) is 16.3 Å². The normalized spacial score (nSPS) is 11.0. The second kappa shape index (κ2) is 6.70. The Bertz CT molecular complexity index is 1010. The number of rotatable bonds is 5. The maximum atomic E-state index is 6.25. The van der Waals surface area contributed by atoms with Gasteiger partial charge in [0.15, 0.2) is 10.8 Å². The molecule has 0 atom stereocenters. The van der Waals surface area contributed by atoms with Gasteiger partial charge in [0, 0.05) is 5.56 Å². The van der Waals surface area contributed by atoms with Crippen molar-refractivity contribution in [2.24, 2.45) is 0 Å². The molecule has 4 rings (SSSR count). The average molecular weight is 373 g/mol. The molecule has 2 aromatic carbocycles. The van der Waals surface area contributed by atoms with Crippen molar-refractivity contribution in [1.29, 1.82) is 0 Å². The smallest absolute Gasteiger partial charge is 0.235 e. The average Bonchev–Trinajstić information content (AvgIpc) is 3.21. The van der Waals surface area contributed by atoms with E-state index in [-0.39, 0.29) is 0 Å². The third-order valence-electron chi connectivity index (χ3n) is 3.57. The van der Waals surface area contributed by atoms with Gasteiger partial charge in [0.05, 0.1) is 12.1 Å². The molecular formula is C17H13ClN4O2S. The zero-order valence-corrected chi connectivity index (χ0v) is 14.8. The summed E-state index contributed by atoms with van der Waals surface area (Å²) in [5, 5.41) is 14.3. The van der Waals surface area contributed by atoms with Crippen molar-refractivity contribution in [3.63, 3.8) is 0 Å². The number of hydrogen-bond acceptors (Lipinski definition) is 6. The molecule has 0 bridgehead atoms. The molecular weight excluding hydrogens is 360 g/mol. The third kappa shape index (κ3) is 3.16. The highest BCUT2D eigenvalue weighted by atomic mass is 35.5. The number of fused-ring (bicyclic) bond motifs is 1. The van der Waals surface area contributed by atoms with Gasteiger partial charge in [0.1, 0.15) is 18.1 Å². The van der Waals surface area contributed by atoms with Gasteiger partial charge in [-0.1, -0.05) is 35.1 Å². The van der Waals surface area contributed by atoms with Crippen molar-refractivity contribution in [3.8, 4) is 22.9 Å². The van der Waals surface area contributed by atoms with Gasteiger partial charge < -0.3 is 9.47 Å². The van der Waals surface area contributed by atoms with Crippen molar-refractivity contribution in [3.05, 3.63) is 58.6 Å². The zero-order valence-electron chi connectivity index (χ0n) is 13.2. The van der Waals surface area contributed by atoms with Crippen LogP contribution in [-0.4, -0.2) is 26.9 Å². The van der Waals surface area contributed by atoms with E-state index in [2.05, 4.69) is 15.3 Å². The lowest BCUT2D eigenvalue weighted by atomic mass is 10.2. The van der Waals surface area contributed by atoms with Crippen LogP contribution in [0.15, 0.2) is 48.5 Å². The third-order valence-corrected chi connectivity index (χ3v) is 4.77. The molecule has 0 N–H and O–H groups in total. The number of ether oxygens (including phenoxy) is 2. The Hall–Kier alpha value is -2.64. The Morgan fingerprint density at radius 1 is 1.04 bits per heavy atom. The van der Waals surface area contributed by atoms with Crippen molar-refractivity contribution < 1.29 is 9.47 Å². The lowest BCUT2D eigenvalue weighted by Gasteiger charge is -2.04. The molecule has 0 unspecified atom stereocenters. The molecule has 0 aliphatic carbocycles. The summed E-state index contributed by atoms with van der Waals surface area (Å²) in [7, 11) is 1.63. The lowest BCUT2D eigenvalue weighted by molar-refractivity contribution is 0.303. The molecule has 2 aromatic heterocycles. The van der Waals surface area contributed by atoms with Gasteiger partial charge in [-0.2, -0.15) is 9.61 Å². The Morgan fingerprint density at radius 3 is 2.56 bits per heavy atom. The molecule has 0 amide bonds. The number of halogens is 1. The summed E-state index contributed by atoms with van der Waals surface area (Å²) in [6, 6.07) is 14.9. The van der Waals surface area contributed by atoms with E-state index in [0.717, 1.165) is 22.1 Å². The van der Waals surface area contributed by atoms with Crippen LogP contribution in [0.4, 0.5) is 0 Å². The number of nitrogens with zero attached hydrogens (tertiary/aromatic N) is 4. The molecule has 25 heavy (non-hydrogen) atoms. The molecule has 8 heteroatoms. The predicted octanol–water partition coefficient (Wildman–Crippen LogP) is 4.09. The van der Waals surface area contributed by atoms with Crippen LogP contribution in [0.3, 0.4) is 0 Å². The SMILES string of the molecule is COc1ccc(OCc2nn3c(-c4ccccc4Cl)nnc3s2)cc1. The second-order valence-electron chi connectivity index (χ2n) is 5.16. The van der Waals surface area contributed by atoms with E-state index >= 15 is 0 Å². The number of methoxy groups -OCH3 is 1. The fourth-order valence-electron chi connectivity index (χ4n) is 2.34. The first-order valence-corrected chi connectivity index (χ1v) is 8.67.